The third-order valence-corrected chi connectivity index (χ3v) is 3.89. The van der Waals surface area contributed by atoms with Crippen LogP contribution in [-0.4, -0.2) is 16.4 Å². The smallest absolute Gasteiger partial charge is 0.302 e. The molecule has 0 bridgehead atoms. The van der Waals surface area contributed by atoms with Gasteiger partial charge in [-0.15, -0.1) is 0 Å². The number of benzene rings is 1. The maximum absolute atomic E-state index is 11.5. The summed E-state index contributed by atoms with van der Waals surface area (Å²) >= 11 is 0. The van der Waals surface area contributed by atoms with Crippen molar-refractivity contribution in [3.05, 3.63) is 39.9 Å². The van der Waals surface area contributed by atoms with E-state index in [-0.39, 0.29) is 12.3 Å². The number of non-ortho nitro benzene ring substituents is 1. The fourth-order valence-electron chi connectivity index (χ4n) is 1.91. The molecule has 2 atom stereocenters. The van der Waals surface area contributed by atoms with Crippen molar-refractivity contribution in [2.24, 2.45) is 5.41 Å². The highest BCUT2D eigenvalue weighted by molar-refractivity contribution is 7.47. The molecule has 7 nitrogen and oxygen atoms in total. The lowest BCUT2D eigenvalue weighted by Crippen LogP contribution is -2.33. The Balaban J connectivity index is 2.32. The van der Waals surface area contributed by atoms with E-state index in [4.69, 9.17) is 9.05 Å². The van der Waals surface area contributed by atoms with Crippen LogP contribution in [0, 0.1) is 15.5 Å². The van der Waals surface area contributed by atoms with Gasteiger partial charge in [0.1, 0.15) is 6.10 Å². The Morgan fingerprint density at radius 1 is 1.42 bits per heavy atom. The van der Waals surface area contributed by atoms with Crippen molar-refractivity contribution in [3.63, 3.8) is 0 Å². The molecule has 2 unspecified atom stereocenters. The Hall–Kier alpha value is -1.27. The molecule has 0 spiro atoms. The van der Waals surface area contributed by atoms with Crippen molar-refractivity contribution in [3.8, 4) is 0 Å². The molecule has 1 fully saturated rings. The maximum atomic E-state index is 11.5. The monoisotopic (exact) mass is 287 g/mol. The summed E-state index contributed by atoms with van der Waals surface area (Å²) in [4.78, 5) is 19.5. The van der Waals surface area contributed by atoms with E-state index in [1.807, 2.05) is 13.8 Å². The number of phosphoric acid groups is 1. The van der Waals surface area contributed by atoms with Crippen molar-refractivity contribution < 1.29 is 23.4 Å². The van der Waals surface area contributed by atoms with Crippen molar-refractivity contribution in [1.29, 1.82) is 0 Å². The zero-order valence-corrected chi connectivity index (χ0v) is 11.4. The fraction of sp³-hybridized carbons (Fsp3) is 0.455. The average molecular weight is 287 g/mol. The van der Waals surface area contributed by atoms with Gasteiger partial charge in [0.15, 0.2) is 0 Å². The first kappa shape index (κ1) is 14.1. The van der Waals surface area contributed by atoms with Gasteiger partial charge in [-0.05, 0) is 17.7 Å². The van der Waals surface area contributed by atoms with Crippen LogP contribution in [0.2, 0.25) is 0 Å². The highest BCUT2D eigenvalue weighted by Crippen LogP contribution is 2.58. The Labute approximate surface area is 109 Å². The molecule has 1 N–H and O–H groups in total. The molecule has 0 aliphatic carbocycles. The van der Waals surface area contributed by atoms with Crippen LogP contribution in [0.25, 0.3) is 0 Å². The Bertz CT molecular complexity index is 541. The zero-order chi connectivity index (χ0) is 14.3. The SMILES string of the molecule is CC1(C)COP(=O)(O)OC1c1ccc([N+](=O)[O-])cc1. The molecular weight excluding hydrogens is 273 g/mol. The summed E-state index contributed by atoms with van der Waals surface area (Å²) in [7, 11) is -4.05. The highest BCUT2D eigenvalue weighted by Gasteiger charge is 2.44. The second kappa shape index (κ2) is 4.68. The molecule has 8 heteroatoms. The van der Waals surface area contributed by atoms with E-state index in [9.17, 15) is 19.6 Å². The molecule has 104 valence electrons. The van der Waals surface area contributed by atoms with E-state index in [1.165, 1.54) is 24.3 Å². The summed E-state index contributed by atoms with van der Waals surface area (Å²) < 4.78 is 21.4. The van der Waals surface area contributed by atoms with Gasteiger partial charge in [0, 0.05) is 17.5 Å². The molecular formula is C11H14NO6P. The van der Waals surface area contributed by atoms with Crippen LogP contribution < -0.4 is 0 Å². The Morgan fingerprint density at radius 3 is 2.53 bits per heavy atom. The summed E-state index contributed by atoms with van der Waals surface area (Å²) in [5, 5.41) is 10.6. The molecule has 0 saturated carbocycles. The van der Waals surface area contributed by atoms with Crippen molar-refractivity contribution in [2.45, 2.75) is 20.0 Å². The summed E-state index contributed by atoms with van der Waals surface area (Å²) in [6, 6.07) is 5.73. The van der Waals surface area contributed by atoms with Gasteiger partial charge >= 0.3 is 7.82 Å². The van der Waals surface area contributed by atoms with Crippen molar-refractivity contribution in [2.75, 3.05) is 6.61 Å². The Kier molecular flexibility index (Phi) is 3.49. The average Bonchev–Trinajstić information content (AvgIpc) is 2.33. The minimum Gasteiger partial charge on any atom is -0.302 e. The van der Waals surface area contributed by atoms with Crippen LogP contribution in [-0.2, 0) is 13.6 Å². The molecule has 0 aromatic heterocycles. The van der Waals surface area contributed by atoms with E-state index < -0.39 is 24.3 Å². The molecule has 0 amide bonds. The first-order valence-electron chi connectivity index (χ1n) is 5.61. The molecule has 1 saturated heterocycles. The molecule has 19 heavy (non-hydrogen) atoms. The van der Waals surface area contributed by atoms with Gasteiger partial charge in [-0.3, -0.25) is 19.2 Å². The first-order valence-corrected chi connectivity index (χ1v) is 7.11. The van der Waals surface area contributed by atoms with Crippen LogP contribution in [0.1, 0.15) is 25.5 Å². The summed E-state index contributed by atoms with van der Waals surface area (Å²) in [6.07, 6.45) is -0.655. The molecule has 1 aromatic rings. The van der Waals surface area contributed by atoms with Crippen LogP contribution in [0.5, 0.6) is 0 Å². The molecule has 2 rings (SSSR count). The molecule has 0 radical (unpaired) electrons. The minimum absolute atomic E-state index is 0.0409. The summed E-state index contributed by atoms with van der Waals surface area (Å²) in [5.74, 6) is 0. The first-order chi connectivity index (χ1) is 8.71. The number of phosphoric ester groups is 1. The van der Waals surface area contributed by atoms with Crippen LogP contribution in [0.4, 0.5) is 5.69 Å². The standard InChI is InChI=1S/C11H14NO6P/c1-11(2)7-17-19(15,16)18-10(11)8-3-5-9(6-4-8)12(13)14/h3-6,10H,7H2,1-2H3,(H,15,16). The lowest BCUT2D eigenvalue weighted by atomic mass is 9.83. The van der Waals surface area contributed by atoms with Gasteiger partial charge in [0.2, 0.25) is 0 Å². The predicted molar refractivity (Wildman–Crippen MR) is 66.5 cm³/mol. The van der Waals surface area contributed by atoms with Crippen molar-refractivity contribution >= 4 is 13.5 Å². The molecule has 1 aliphatic rings. The largest absolute Gasteiger partial charge is 0.472 e. The fourth-order valence-corrected chi connectivity index (χ4v) is 3.14. The predicted octanol–water partition coefficient (Wildman–Crippen LogP) is 2.81. The minimum atomic E-state index is -4.05. The Morgan fingerprint density at radius 2 is 2.00 bits per heavy atom. The molecule has 1 heterocycles. The van der Waals surface area contributed by atoms with Gasteiger partial charge in [0.25, 0.3) is 5.69 Å². The second-order valence-electron chi connectivity index (χ2n) is 5.06. The number of hydrogen-bond donors (Lipinski definition) is 1. The van der Waals surface area contributed by atoms with Gasteiger partial charge < -0.3 is 4.89 Å². The zero-order valence-electron chi connectivity index (χ0n) is 10.5. The maximum Gasteiger partial charge on any atom is 0.472 e. The van der Waals surface area contributed by atoms with E-state index in [0.29, 0.717) is 5.56 Å². The van der Waals surface area contributed by atoms with Gasteiger partial charge in [0.05, 0.1) is 11.5 Å². The lowest BCUT2D eigenvalue weighted by molar-refractivity contribution is -0.384. The molecule has 1 aromatic carbocycles. The summed E-state index contributed by atoms with van der Waals surface area (Å²) in [6.45, 7) is 3.74. The number of nitrogens with zero attached hydrogens (tertiary/aromatic N) is 1. The van der Waals surface area contributed by atoms with E-state index in [0.717, 1.165) is 0 Å². The third-order valence-electron chi connectivity index (χ3n) is 2.95. The van der Waals surface area contributed by atoms with Gasteiger partial charge in [-0.1, -0.05) is 13.8 Å². The quantitative estimate of drug-likeness (QED) is 0.510. The molecule has 1 aliphatic heterocycles. The van der Waals surface area contributed by atoms with Crippen LogP contribution in [0.15, 0.2) is 24.3 Å². The second-order valence-corrected chi connectivity index (χ2v) is 6.47. The number of hydrogen-bond acceptors (Lipinski definition) is 5. The van der Waals surface area contributed by atoms with E-state index in [1.54, 1.807) is 0 Å². The number of nitro benzene ring substituents is 1. The van der Waals surface area contributed by atoms with Crippen LogP contribution in [0.3, 0.4) is 0 Å². The highest BCUT2D eigenvalue weighted by atomic mass is 31.2. The van der Waals surface area contributed by atoms with Crippen LogP contribution >= 0.6 is 7.82 Å². The van der Waals surface area contributed by atoms with Gasteiger partial charge in [-0.25, -0.2) is 4.57 Å². The topological polar surface area (TPSA) is 98.9 Å². The van der Waals surface area contributed by atoms with E-state index >= 15 is 0 Å². The normalized spacial score (nSPS) is 29.9. The summed E-state index contributed by atoms with van der Waals surface area (Å²) in [5.41, 5.74) is 0.0567. The van der Waals surface area contributed by atoms with Crippen molar-refractivity contribution in [1.82, 2.24) is 0 Å². The number of rotatable bonds is 2. The lowest BCUT2D eigenvalue weighted by Gasteiger charge is -2.39. The third kappa shape index (κ3) is 3.01. The van der Waals surface area contributed by atoms with E-state index in [2.05, 4.69) is 0 Å². The number of nitro groups is 1. The van der Waals surface area contributed by atoms with Gasteiger partial charge in [-0.2, -0.15) is 0 Å².